The predicted molar refractivity (Wildman–Crippen MR) is 90.8 cm³/mol. The fourth-order valence-electron chi connectivity index (χ4n) is 2.36. The van der Waals surface area contributed by atoms with Crippen LogP contribution >= 0.6 is 11.6 Å². The number of aryl methyl sites for hydroxylation is 1. The number of phenolic OH excluding ortho intramolecular Hbond substituents is 2. The minimum Gasteiger partial charge on any atom is -0.507 e. The normalized spacial score (nSPS) is 11.2. The van der Waals surface area contributed by atoms with Gasteiger partial charge in [-0.2, -0.15) is 5.10 Å². The summed E-state index contributed by atoms with van der Waals surface area (Å²) in [6, 6.07) is 9.45. The zero-order valence-electron chi connectivity index (χ0n) is 12.6. The lowest BCUT2D eigenvalue weighted by Gasteiger charge is -2.01. The second-order valence-corrected chi connectivity index (χ2v) is 5.49. The first kappa shape index (κ1) is 15.9. The first-order valence-corrected chi connectivity index (χ1v) is 7.39. The van der Waals surface area contributed by atoms with Gasteiger partial charge in [0, 0.05) is 5.56 Å². The number of aromatic hydroxyl groups is 2. The molecule has 0 unspecified atom stereocenters. The number of carbonyl (C=O) groups is 1. The van der Waals surface area contributed by atoms with Crippen molar-refractivity contribution in [2.24, 2.45) is 5.10 Å². The number of hydrogen-bond donors (Lipinski definition) is 3. The number of fused-ring (bicyclic) bond motifs is 1. The summed E-state index contributed by atoms with van der Waals surface area (Å²) < 4.78 is 5.47. The Morgan fingerprint density at radius 3 is 2.62 bits per heavy atom. The minimum absolute atomic E-state index is 0.0392. The van der Waals surface area contributed by atoms with Gasteiger partial charge in [0.25, 0.3) is 0 Å². The molecule has 0 spiro atoms. The molecule has 3 rings (SSSR count). The van der Waals surface area contributed by atoms with Crippen LogP contribution in [0.4, 0.5) is 0 Å². The Kier molecular flexibility index (Phi) is 4.14. The Bertz CT molecular complexity index is 942. The maximum Gasteiger partial charge on any atom is 0.307 e. The largest absolute Gasteiger partial charge is 0.507 e. The number of furan rings is 1. The quantitative estimate of drug-likeness (QED) is 0.500. The molecule has 7 heteroatoms. The Morgan fingerprint density at radius 1 is 1.21 bits per heavy atom. The predicted octanol–water partition coefficient (Wildman–Crippen LogP) is 3.57. The number of phenols is 2. The van der Waals surface area contributed by atoms with Gasteiger partial charge in [-0.3, -0.25) is 4.79 Å². The SMILES string of the molecule is Cc1c(C(=O)N/N=C/c2c(O)cccc2Cl)oc2cccc(O)c12. The third-order valence-corrected chi connectivity index (χ3v) is 3.86. The van der Waals surface area contributed by atoms with Gasteiger partial charge in [-0.1, -0.05) is 23.7 Å². The third-order valence-electron chi connectivity index (χ3n) is 3.53. The van der Waals surface area contributed by atoms with Gasteiger partial charge in [0.2, 0.25) is 0 Å². The molecule has 1 aromatic heterocycles. The van der Waals surface area contributed by atoms with E-state index < -0.39 is 5.91 Å². The van der Waals surface area contributed by atoms with Crippen LogP contribution < -0.4 is 5.43 Å². The standard InChI is InChI=1S/C17H13ClN2O4/c1-9-15-13(22)6-3-7-14(15)24-16(9)17(23)20-19-8-10-11(18)4-2-5-12(10)21/h2-8,21-22H,1H3,(H,20,23)/b19-8+. The second-order valence-electron chi connectivity index (χ2n) is 5.08. The maximum atomic E-state index is 12.2. The summed E-state index contributed by atoms with van der Waals surface area (Å²) in [4.78, 5) is 12.2. The van der Waals surface area contributed by atoms with Gasteiger partial charge in [-0.25, -0.2) is 5.43 Å². The van der Waals surface area contributed by atoms with Crippen LogP contribution in [0.5, 0.6) is 11.5 Å². The summed E-state index contributed by atoms with van der Waals surface area (Å²) in [5.41, 5.74) is 3.52. The van der Waals surface area contributed by atoms with Crippen LogP contribution in [0.3, 0.4) is 0 Å². The second kappa shape index (κ2) is 6.25. The summed E-state index contributed by atoms with van der Waals surface area (Å²) in [6.45, 7) is 1.67. The molecule has 0 atom stereocenters. The van der Waals surface area contributed by atoms with Gasteiger partial charge >= 0.3 is 5.91 Å². The van der Waals surface area contributed by atoms with Crippen LogP contribution in [-0.4, -0.2) is 22.3 Å². The van der Waals surface area contributed by atoms with Crippen molar-refractivity contribution in [2.45, 2.75) is 6.92 Å². The molecular weight excluding hydrogens is 332 g/mol. The van der Waals surface area contributed by atoms with E-state index in [4.69, 9.17) is 16.0 Å². The van der Waals surface area contributed by atoms with Crippen molar-refractivity contribution < 1.29 is 19.4 Å². The van der Waals surface area contributed by atoms with Crippen molar-refractivity contribution in [1.82, 2.24) is 5.43 Å². The Balaban J connectivity index is 1.85. The molecule has 0 fully saturated rings. The number of halogens is 1. The lowest BCUT2D eigenvalue weighted by molar-refractivity contribution is 0.0929. The highest BCUT2D eigenvalue weighted by Gasteiger charge is 2.19. The number of rotatable bonds is 3. The number of benzene rings is 2. The average molecular weight is 345 g/mol. The van der Waals surface area contributed by atoms with Crippen molar-refractivity contribution in [1.29, 1.82) is 0 Å². The molecule has 1 heterocycles. The van der Waals surface area contributed by atoms with Gasteiger partial charge in [0.15, 0.2) is 5.76 Å². The van der Waals surface area contributed by atoms with E-state index in [0.29, 0.717) is 27.1 Å². The van der Waals surface area contributed by atoms with Crippen molar-refractivity contribution in [3.05, 3.63) is 58.3 Å². The van der Waals surface area contributed by atoms with Crippen molar-refractivity contribution in [3.63, 3.8) is 0 Å². The monoisotopic (exact) mass is 344 g/mol. The first-order valence-electron chi connectivity index (χ1n) is 7.01. The average Bonchev–Trinajstić information content (AvgIpc) is 2.88. The molecule has 0 aliphatic heterocycles. The van der Waals surface area contributed by atoms with Crippen LogP contribution in [0.25, 0.3) is 11.0 Å². The van der Waals surface area contributed by atoms with Crippen LogP contribution in [-0.2, 0) is 0 Å². The number of amides is 1. The molecule has 0 aliphatic carbocycles. The molecule has 0 aliphatic rings. The van der Waals surface area contributed by atoms with E-state index in [9.17, 15) is 15.0 Å². The Hall–Kier alpha value is -2.99. The van der Waals surface area contributed by atoms with Gasteiger partial charge in [-0.15, -0.1) is 0 Å². The molecule has 24 heavy (non-hydrogen) atoms. The highest BCUT2D eigenvalue weighted by molar-refractivity contribution is 6.33. The lowest BCUT2D eigenvalue weighted by Crippen LogP contribution is -2.17. The summed E-state index contributed by atoms with van der Waals surface area (Å²) in [5, 5.41) is 24.1. The van der Waals surface area contributed by atoms with E-state index in [1.807, 2.05) is 0 Å². The van der Waals surface area contributed by atoms with Crippen LogP contribution in [0, 0.1) is 6.92 Å². The van der Waals surface area contributed by atoms with Crippen LogP contribution in [0.15, 0.2) is 45.9 Å². The molecule has 6 nitrogen and oxygen atoms in total. The molecule has 0 saturated heterocycles. The molecule has 3 N–H and O–H groups in total. The number of carbonyl (C=O) groups excluding carboxylic acids is 1. The minimum atomic E-state index is -0.578. The van der Waals surface area contributed by atoms with Crippen LogP contribution in [0.1, 0.15) is 21.7 Å². The molecule has 0 bridgehead atoms. The van der Waals surface area contributed by atoms with Gasteiger partial charge < -0.3 is 14.6 Å². The van der Waals surface area contributed by atoms with Crippen molar-refractivity contribution in [2.75, 3.05) is 0 Å². The zero-order chi connectivity index (χ0) is 17.3. The fraction of sp³-hybridized carbons (Fsp3) is 0.0588. The molecule has 0 radical (unpaired) electrons. The van der Waals surface area contributed by atoms with Crippen molar-refractivity contribution >= 4 is 34.7 Å². The van der Waals surface area contributed by atoms with Crippen LogP contribution in [0.2, 0.25) is 5.02 Å². The number of hydrogen-bond acceptors (Lipinski definition) is 5. The summed E-state index contributed by atoms with van der Waals surface area (Å²) in [7, 11) is 0. The number of nitrogens with zero attached hydrogens (tertiary/aromatic N) is 1. The molecular formula is C17H13ClN2O4. The number of nitrogens with one attached hydrogen (secondary N) is 1. The van der Waals surface area contributed by atoms with E-state index >= 15 is 0 Å². The van der Waals surface area contributed by atoms with Crippen molar-refractivity contribution in [3.8, 4) is 11.5 Å². The summed E-state index contributed by atoms with van der Waals surface area (Å²) in [5.74, 6) is -0.541. The van der Waals surface area contributed by atoms with Gasteiger partial charge in [0.05, 0.1) is 22.2 Å². The Morgan fingerprint density at radius 2 is 1.92 bits per heavy atom. The molecule has 3 aromatic rings. The molecule has 2 aromatic carbocycles. The van der Waals surface area contributed by atoms with Gasteiger partial charge in [-0.05, 0) is 31.2 Å². The Labute approximate surface area is 142 Å². The van der Waals surface area contributed by atoms with Gasteiger partial charge in [0.1, 0.15) is 17.1 Å². The van der Waals surface area contributed by atoms with E-state index in [2.05, 4.69) is 10.5 Å². The summed E-state index contributed by atoms with van der Waals surface area (Å²) in [6.07, 6.45) is 1.24. The molecule has 0 saturated carbocycles. The molecule has 122 valence electrons. The fourth-order valence-corrected chi connectivity index (χ4v) is 2.58. The zero-order valence-corrected chi connectivity index (χ0v) is 13.3. The van der Waals surface area contributed by atoms with E-state index in [0.717, 1.165) is 0 Å². The van der Waals surface area contributed by atoms with E-state index in [-0.39, 0.29) is 17.3 Å². The van der Waals surface area contributed by atoms with E-state index in [1.54, 1.807) is 31.2 Å². The molecule has 1 amide bonds. The smallest absolute Gasteiger partial charge is 0.307 e. The highest BCUT2D eigenvalue weighted by atomic mass is 35.5. The van der Waals surface area contributed by atoms with E-state index in [1.165, 1.54) is 18.3 Å². The first-order chi connectivity index (χ1) is 11.5. The summed E-state index contributed by atoms with van der Waals surface area (Å²) >= 11 is 5.95. The third kappa shape index (κ3) is 2.79. The highest BCUT2D eigenvalue weighted by Crippen LogP contribution is 2.32. The lowest BCUT2D eigenvalue weighted by atomic mass is 10.1. The topological polar surface area (TPSA) is 95.1 Å². The number of hydrazone groups is 1. The maximum absolute atomic E-state index is 12.2.